The van der Waals surface area contributed by atoms with Crippen LogP contribution < -0.4 is 4.90 Å². The molecule has 0 spiro atoms. The molecular weight excluding hydrogens is 384 g/mol. The molecule has 0 atom stereocenters. The number of rotatable bonds is 3. The standard InChI is InChI=1S/C25H22N6/c1-4-12-30(13-5-1)24-9-8-18(14-27-24)19-15-28-25-22(16-29-31(25)17-19)20-10-11-26-23-7-3-2-6-21(20)23/h2-3,6-11,14-17H,1,4-5,12-13H2/i11D. The minimum absolute atomic E-state index is 0.231. The van der Waals surface area contributed by atoms with Crippen LogP contribution in [0.15, 0.2) is 73.4 Å². The van der Waals surface area contributed by atoms with Gasteiger partial charge in [0, 0.05) is 59.9 Å². The summed E-state index contributed by atoms with van der Waals surface area (Å²) in [5.41, 5.74) is 5.34. The summed E-state index contributed by atoms with van der Waals surface area (Å²) in [5, 5.41) is 5.54. The highest BCUT2D eigenvalue weighted by Gasteiger charge is 2.14. The van der Waals surface area contributed by atoms with Crippen LogP contribution in [-0.4, -0.2) is 37.7 Å². The van der Waals surface area contributed by atoms with Crippen LogP contribution in [0.5, 0.6) is 0 Å². The molecule has 5 heterocycles. The Morgan fingerprint density at radius 3 is 2.52 bits per heavy atom. The van der Waals surface area contributed by atoms with Crippen molar-refractivity contribution in [2.24, 2.45) is 0 Å². The molecule has 5 aromatic rings. The van der Waals surface area contributed by atoms with Crippen molar-refractivity contribution in [1.29, 1.82) is 0 Å². The lowest BCUT2D eigenvalue weighted by Gasteiger charge is -2.27. The average Bonchev–Trinajstić information content (AvgIpc) is 3.27. The number of hydrogen-bond donors (Lipinski definition) is 0. The summed E-state index contributed by atoms with van der Waals surface area (Å²) in [5.74, 6) is 1.04. The van der Waals surface area contributed by atoms with Gasteiger partial charge in [0.1, 0.15) is 5.82 Å². The zero-order chi connectivity index (χ0) is 21.5. The van der Waals surface area contributed by atoms with Crippen molar-refractivity contribution in [2.75, 3.05) is 18.0 Å². The first-order valence-corrected chi connectivity index (χ1v) is 10.7. The van der Waals surface area contributed by atoms with Gasteiger partial charge in [-0.15, -0.1) is 0 Å². The van der Waals surface area contributed by atoms with E-state index < -0.39 is 0 Å². The SMILES string of the molecule is [2H]c1cc(-c2cnn3cc(-c4ccc(N5CCCCC5)nc4)cnc23)c2ccccc2n1. The molecule has 152 valence electrons. The minimum atomic E-state index is 0.231. The Labute approximate surface area is 181 Å². The van der Waals surface area contributed by atoms with Crippen molar-refractivity contribution >= 4 is 22.4 Å². The summed E-state index contributed by atoms with van der Waals surface area (Å²) in [6.07, 6.45) is 11.6. The van der Waals surface area contributed by atoms with Gasteiger partial charge in [-0.2, -0.15) is 5.10 Å². The molecule has 31 heavy (non-hydrogen) atoms. The maximum Gasteiger partial charge on any atom is 0.162 e. The normalized spacial score (nSPS) is 14.8. The molecule has 1 aliphatic heterocycles. The molecule has 0 saturated carbocycles. The molecule has 0 amide bonds. The summed E-state index contributed by atoms with van der Waals surface area (Å²) in [6, 6.07) is 13.8. The van der Waals surface area contributed by atoms with E-state index >= 15 is 0 Å². The van der Waals surface area contributed by atoms with Gasteiger partial charge >= 0.3 is 0 Å². The van der Waals surface area contributed by atoms with Gasteiger partial charge < -0.3 is 4.90 Å². The molecule has 1 aromatic carbocycles. The Bertz CT molecular complexity index is 1420. The Morgan fingerprint density at radius 1 is 0.774 bits per heavy atom. The number of para-hydroxylation sites is 1. The van der Waals surface area contributed by atoms with Crippen LogP contribution in [0.25, 0.3) is 38.8 Å². The van der Waals surface area contributed by atoms with Crippen LogP contribution in [0, 0.1) is 0 Å². The summed E-state index contributed by atoms with van der Waals surface area (Å²) in [4.78, 5) is 16.1. The molecule has 6 heteroatoms. The highest BCUT2D eigenvalue weighted by Crippen LogP contribution is 2.30. The maximum atomic E-state index is 8.10. The van der Waals surface area contributed by atoms with Crippen molar-refractivity contribution in [3.8, 4) is 22.3 Å². The number of fused-ring (bicyclic) bond motifs is 2. The Balaban J connectivity index is 1.37. The quantitative estimate of drug-likeness (QED) is 0.421. The molecular formula is C25H22N6. The first kappa shape index (κ1) is 16.9. The first-order valence-electron chi connectivity index (χ1n) is 11.2. The molecule has 1 saturated heterocycles. The van der Waals surface area contributed by atoms with Crippen molar-refractivity contribution in [3.05, 3.63) is 73.4 Å². The smallest absolute Gasteiger partial charge is 0.162 e. The van der Waals surface area contributed by atoms with Crippen LogP contribution in [0.3, 0.4) is 0 Å². The Morgan fingerprint density at radius 2 is 1.65 bits per heavy atom. The van der Waals surface area contributed by atoms with Crippen LogP contribution in [-0.2, 0) is 0 Å². The van der Waals surface area contributed by atoms with E-state index in [1.165, 1.54) is 19.3 Å². The summed E-state index contributed by atoms with van der Waals surface area (Å²) >= 11 is 0. The summed E-state index contributed by atoms with van der Waals surface area (Å²) in [6.45, 7) is 2.17. The molecule has 0 N–H and O–H groups in total. The summed E-state index contributed by atoms with van der Waals surface area (Å²) in [7, 11) is 0. The highest BCUT2D eigenvalue weighted by molar-refractivity contribution is 5.97. The summed E-state index contributed by atoms with van der Waals surface area (Å²) < 4.78 is 9.89. The number of hydrogen-bond acceptors (Lipinski definition) is 5. The van der Waals surface area contributed by atoms with E-state index in [4.69, 9.17) is 11.3 Å². The fraction of sp³-hybridized carbons (Fsp3) is 0.200. The molecule has 1 aliphatic rings. The van der Waals surface area contributed by atoms with E-state index in [2.05, 4.69) is 27.1 Å². The lowest BCUT2D eigenvalue weighted by atomic mass is 10.0. The number of benzene rings is 1. The average molecular weight is 407 g/mol. The van der Waals surface area contributed by atoms with Crippen molar-refractivity contribution in [3.63, 3.8) is 0 Å². The molecule has 0 radical (unpaired) electrons. The molecule has 0 unspecified atom stereocenters. The van der Waals surface area contributed by atoms with Gasteiger partial charge in [0.25, 0.3) is 0 Å². The van der Waals surface area contributed by atoms with Crippen LogP contribution in [0.1, 0.15) is 20.6 Å². The lowest BCUT2D eigenvalue weighted by molar-refractivity contribution is 0.573. The van der Waals surface area contributed by atoms with E-state index in [-0.39, 0.29) is 6.17 Å². The zero-order valence-electron chi connectivity index (χ0n) is 18.1. The van der Waals surface area contributed by atoms with Gasteiger partial charge in [-0.05, 0) is 49.1 Å². The second-order valence-corrected chi connectivity index (χ2v) is 7.94. The van der Waals surface area contributed by atoms with Gasteiger partial charge in [0.15, 0.2) is 5.65 Å². The number of anilines is 1. The number of pyridine rings is 2. The predicted octanol–water partition coefficient (Wildman–Crippen LogP) is 5.00. The third-order valence-corrected chi connectivity index (χ3v) is 6.00. The monoisotopic (exact) mass is 407 g/mol. The Hall–Kier alpha value is -3.80. The van der Waals surface area contributed by atoms with Crippen LogP contribution >= 0.6 is 0 Å². The molecule has 0 bridgehead atoms. The third kappa shape index (κ3) is 3.20. The fourth-order valence-corrected chi connectivity index (χ4v) is 4.35. The number of piperidine rings is 1. The third-order valence-electron chi connectivity index (χ3n) is 6.00. The minimum Gasteiger partial charge on any atom is -0.357 e. The van der Waals surface area contributed by atoms with Gasteiger partial charge in [0.05, 0.1) is 13.1 Å². The highest BCUT2D eigenvalue weighted by atomic mass is 15.2. The molecule has 6 nitrogen and oxygen atoms in total. The van der Waals surface area contributed by atoms with Gasteiger partial charge in [-0.1, -0.05) is 18.2 Å². The van der Waals surface area contributed by atoms with E-state index in [0.29, 0.717) is 0 Å². The Kier molecular flexibility index (Phi) is 4.08. The molecule has 4 aromatic heterocycles. The fourth-order valence-electron chi connectivity index (χ4n) is 4.35. The van der Waals surface area contributed by atoms with E-state index in [1.54, 1.807) is 10.6 Å². The van der Waals surface area contributed by atoms with Crippen molar-refractivity contribution < 1.29 is 1.37 Å². The van der Waals surface area contributed by atoms with E-state index in [0.717, 1.165) is 57.7 Å². The topological polar surface area (TPSA) is 59.2 Å². The number of aromatic nitrogens is 5. The number of nitrogens with zero attached hydrogens (tertiary/aromatic N) is 6. The second-order valence-electron chi connectivity index (χ2n) is 7.94. The van der Waals surface area contributed by atoms with Crippen LogP contribution in [0.4, 0.5) is 5.82 Å². The first-order chi connectivity index (χ1) is 15.8. The van der Waals surface area contributed by atoms with E-state index in [9.17, 15) is 0 Å². The van der Waals surface area contributed by atoms with Gasteiger partial charge in [-0.3, -0.25) is 4.98 Å². The largest absolute Gasteiger partial charge is 0.357 e. The maximum absolute atomic E-state index is 8.10. The lowest BCUT2D eigenvalue weighted by Crippen LogP contribution is -2.29. The predicted molar refractivity (Wildman–Crippen MR) is 123 cm³/mol. The molecule has 1 fully saturated rings. The van der Waals surface area contributed by atoms with Crippen molar-refractivity contribution in [1.82, 2.24) is 24.6 Å². The van der Waals surface area contributed by atoms with Crippen LogP contribution in [0.2, 0.25) is 0 Å². The molecule has 6 rings (SSSR count). The zero-order valence-corrected chi connectivity index (χ0v) is 17.1. The van der Waals surface area contributed by atoms with Gasteiger partial charge in [0.2, 0.25) is 0 Å². The van der Waals surface area contributed by atoms with E-state index in [1.807, 2.05) is 49.1 Å². The molecule has 0 aliphatic carbocycles. The van der Waals surface area contributed by atoms with Crippen molar-refractivity contribution in [2.45, 2.75) is 19.3 Å². The van der Waals surface area contributed by atoms with Gasteiger partial charge in [-0.25, -0.2) is 14.5 Å². The second kappa shape index (κ2) is 7.47.